The highest BCUT2D eigenvalue weighted by molar-refractivity contribution is 7.88. The number of amides is 1. The van der Waals surface area contributed by atoms with Gasteiger partial charge in [0, 0.05) is 12.2 Å². The van der Waals surface area contributed by atoms with Gasteiger partial charge in [-0.05, 0) is 33.3 Å². The molecule has 0 aliphatic carbocycles. The number of sulfonamides is 1. The van der Waals surface area contributed by atoms with E-state index in [1.54, 1.807) is 0 Å². The van der Waals surface area contributed by atoms with Crippen LogP contribution in [-0.4, -0.2) is 42.9 Å². The van der Waals surface area contributed by atoms with E-state index < -0.39 is 16.1 Å². The minimum atomic E-state index is -3.38. The highest BCUT2D eigenvalue weighted by Gasteiger charge is 2.16. The molecule has 1 heterocycles. The molecular weight excluding hydrogens is 280 g/mol. The second-order valence-corrected chi connectivity index (χ2v) is 6.70. The first-order valence-electron chi connectivity index (χ1n) is 6.37. The number of hydrogen-bond donors (Lipinski definition) is 2. The van der Waals surface area contributed by atoms with Crippen LogP contribution < -0.4 is 10.0 Å². The van der Waals surface area contributed by atoms with Gasteiger partial charge in [0.15, 0.2) is 0 Å². The third kappa shape index (κ3) is 4.61. The molecule has 0 aromatic carbocycles. The lowest BCUT2D eigenvalue weighted by Crippen LogP contribution is -2.45. The lowest BCUT2D eigenvalue weighted by molar-refractivity contribution is -0.122. The number of nitrogens with one attached hydrogen (secondary N) is 2. The Morgan fingerprint density at radius 1 is 1.35 bits per heavy atom. The van der Waals surface area contributed by atoms with Crippen molar-refractivity contribution in [3.63, 3.8) is 0 Å². The monoisotopic (exact) mass is 302 g/mol. The number of carbonyl (C=O) groups is 1. The third-order valence-corrected chi connectivity index (χ3v) is 3.93. The van der Waals surface area contributed by atoms with E-state index in [0.29, 0.717) is 13.1 Å². The molecule has 114 valence electrons. The molecular formula is C12H22N4O3S. The number of rotatable bonds is 6. The van der Waals surface area contributed by atoms with E-state index in [4.69, 9.17) is 0 Å². The molecule has 8 heteroatoms. The predicted molar refractivity (Wildman–Crippen MR) is 76.9 cm³/mol. The van der Waals surface area contributed by atoms with Gasteiger partial charge in [0.05, 0.1) is 24.5 Å². The SMILES string of the molecule is Cc1nn(CCNC(=O)C(C)NS(C)(=O)=O)c(C)c1C. The summed E-state index contributed by atoms with van der Waals surface area (Å²) < 4.78 is 26.1. The molecule has 0 saturated carbocycles. The molecule has 0 bridgehead atoms. The second kappa shape index (κ2) is 6.36. The molecule has 0 aliphatic rings. The van der Waals surface area contributed by atoms with Crippen LogP contribution in [0.3, 0.4) is 0 Å². The molecule has 0 aliphatic heterocycles. The number of aromatic nitrogens is 2. The lowest BCUT2D eigenvalue weighted by Gasteiger charge is -2.13. The van der Waals surface area contributed by atoms with Crippen LogP contribution in [0, 0.1) is 20.8 Å². The van der Waals surface area contributed by atoms with Gasteiger partial charge in [0.1, 0.15) is 0 Å². The van der Waals surface area contributed by atoms with Crippen LogP contribution >= 0.6 is 0 Å². The molecule has 1 amide bonds. The van der Waals surface area contributed by atoms with Gasteiger partial charge in [-0.1, -0.05) is 0 Å². The fourth-order valence-corrected chi connectivity index (χ4v) is 2.57. The van der Waals surface area contributed by atoms with Crippen molar-refractivity contribution in [3.8, 4) is 0 Å². The molecule has 20 heavy (non-hydrogen) atoms. The maximum absolute atomic E-state index is 11.7. The molecule has 0 spiro atoms. The summed E-state index contributed by atoms with van der Waals surface area (Å²) in [5, 5.41) is 7.05. The Bertz CT molecular complexity index is 592. The van der Waals surface area contributed by atoms with Gasteiger partial charge in [0.2, 0.25) is 15.9 Å². The van der Waals surface area contributed by atoms with Crippen LogP contribution in [0.2, 0.25) is 0 Å². The van der Waals surface area contributed by atoms with Gasteiger partial charge < -0.3 is 5.32 Å². The van der Waals surface area contributed by atoms with Crippen LogP contribution in [0.5, 0.6) is 0 Å². The number of nitrogens with zero attached hydrogens (tertiary/aromatic N) is 2. The van der Waals surface area contributed by atoms with Crippen molar-refractivity contribution in [3.05, 3.63) is 17.0 Å². The molecule has 0 saturated heterocycles. The predicted octanol–water partition coefficient (Wildman–Crippen LogP) is -0.138. The summed E-state index contributed by atoms with van der Waals surface area (Å²) >= 11 is 0. The van der Waals surface area contributed by atoms with Crippen molar-refractivity contribution >= 4 is 15.9 Å². The first-order chi connectivity index (χ1) is 9.11. The van der Waals surface area contributed by atoms with Crippen molar-refractivity contribution < 1.29 is 13.2 Å². The zero-order valence-corrected chi connectivity index (χ0v) is 13.3. The highest BCUT2D eigenvalue weighted by atomic mass is 32.2. The van der Waals surface area contributed by atoms with E-state index in [1.165, 1.54) is 6.92 Å². The van der Waals surface area contributed by atoms with Crippen LogP contribution in [0.15, 0.2) is 0 Å². The largest absolute Gasteiger partial charge is 0.353 e. The lowest BCUT2D eigenvalue weighted by atomic mass is 10.2. The standard InChI is InChI=1S/C12H22N4O3S/c1-8-9(2)14-16(11(8)4)7-6-13-12(17)10(3)15-20(5,18)19/h10,15H,6-7H2,1-5H3,(H,13,17). The van der Waals surface area contributed by atoms with Gasteiger partial charge in [-0.15, -0.1) is 0 Å². The summed E-state index contributed by atoms with van der Waals surface area (Å²) in [5.41, 5.74) is 3.18. The van der Waals surface area contributed by atoms with E-state index in [9.17, 15) is 13.2 Å². The Balaban J connectivity index is 2.48. The average molecular weight is 302 g/mol. The second-order valence-electron chi connectivity index (χ2n) is 4.92. The van der Waals surface area contributed by atoms with Crippen molar-refractivity contribution in [2.24, 2.45) is 0 Å². The average Bonchev–Trinajstić information content (AvgIpc) is 2.55. The summed E-state index contributed by atoms with van der Waals surface area (Å²) in [7, 11) is -3.38. The fraction of sp³-hybridized carbons (Fsp3) is 0.667. The molecule has 1 aromatic rings. The van der Waals surface area contributed by atoms with Gasteiger partial charge in [0.25, 0.3) is 0 Å². The van der Waals surface area contributed by atoms with Crippen LogP contribution in [-0.2, 0) is 21.4 Å². The number of aryl methyl sites for hydroxylation is 1. The Hall–Kier alpha value is -1.41. The first kappa shape index (κ1) is 16.6. The highest BCUT2D eigenvalue weighted by Crippen LogP contribution is 2.10. The van der Waals surface area contributed by atoms with Gasteiger partial charge in [-0.2, -0.15) is 5.10 Å². The zero-order valence-electron chi connectivity index (χ0n) is 12.5. The van der Waals surface area contributed by atoms with Gasteiger partial charge in [-0.25, -0.2) is 13.1 Å². The molecule has 1 unspecified atom stereocenters. The number of carbonyl (C=O) groups excluding carboxylic acids is 1. The van der Waals surface area contributed by atoms with Crippen molar-refractivity contribution in [1.82, 2.24) is 19.8 Å². The van der Waals surface area contributed by atoms with Crippen molar-refractivity contribution in [2.75, 3.05) is 12.8 Å². The first-order valence-corrected chi connectivity index (χ1v) is 8.26. The molecule has 1 rings (SSSR count). The summed E-state index contributed by atoms with van der Waals surface area (Å²) in [6.07, 6.45) is 1.02. The Morgan fingerprint density at radius 3 is 2.40 bits per heavy atom. The van der Waals surface area contributed by atoms with E-state index in [-0.39, 0.29) is 5.91 Å². The minimum absolute atomic E-state index is 0.353. The summed E-state index contributed by atoms with van der Waals surface area (Å²) in [5.74, 6) is -0.353. The van der Waals surface area contributed by atoms with Gasteiger partial charge >= 0.3 is 0 Å². The molecule has 7 nitrogen and oxygen atoms in total. The summed E-state index contributed by atoms with van der Waals surface area (Å²) in [4.78, 5) is 11.7. The van der Waals surface area contributed by atoms with Crippen LogP contribution in [0.25, 0.3) is 0 Å². The normalized spacial score (nSPS) is 13.2. The molecule has 0 fully saturated rings. The van der Waals surface area contributed by atoms with Crippen molar-refractivity contribution in [1.29, 1.82) is 0 Å². The molecule has 2 N–H and O–H groups in total. The van der Waals surface area contributed by atoms with Crippen LogP contribution in [0.1, 0.15) is 23.9 Å². The van der Waals surface area contributed by atoms with E-state index in [1.807, 2.05) is 25.5 Å². The van der Waals surface area contributed by atoms with Crippen LogP contribution in [0.4, 0.5) is 0 Å². The quantitative estimate of drug-likeness (QED) is 0.765. The Labute approximate surface area is 119 Å². The molecule has 1 aromatic heterocycles. The Morgan fingerprint density at radius 2 is 1.95 bits per heavy atom. The Kier molecular flexibility index (Phi) is 5.29. The molecule has 1 atom stereocenters. The summed E-state index contributed by atoms with van der Waals surface area (Å²) in [6.45, 7) is 8.38. The van der Waals surface area contributed by atoms with Gasteiger partial charge in [-0.3, -0.25) is 9.48 Å². The maximum Gasteiger partial charge on any atom is 0.237 e. The topological polar surface area (TPSA) is 93.1 Å². The third-order valence-electron chi connectivity index (χ3n) is 3.15. The van der Waals surface area contributed by atoms with E-state index in [0.717, 1.165) is 23.2 Å². The van der Waals surface area contributed by atoms with Crippen molar-refractivity contribution in [2.45, 2.75) is 40.3 Å². The molecule has 0 radical (unpaired) electrons. The number of hydrogen-bond acceptors (Lipinski definition) is 4. The smallest absolute Gasteiger partial charge is 0.237 e. The fourth-order valence-electron chi connectivity index (χ4n) is 1.82. The maximum atomic E-state index is 11.7. The summed E-state index contributed by atoms with van der Waals surface area (Å²) in [6, 6.07) is -0.785. The van der Waals surface area contributed by atoms with E-state index >= 15 is 0 Å². The minimum Gasteiger partial charge on any atom is -0.353 e. The zero-order chi connectivity index (χ0) is 15.5. The van der Waals surface area contributed by atoms with E-state index in [2.05, 4.69) is 15.1 Å².